The minimum atomic E-state index is -0.590. The Kier molecular flexibility index (Phi) is 4.15. The molecule has 4 aromatic rings. The molecule has 3 aromatic heterocycles. The number of pyridine rings is 1. The number of H-pyrrole nitrogens is 1. The Balaban J connectivity index is 1.81. The molecule has 0 bridgehead atoms. The van der Waals surface area contributed by atoms with Crippen LogP contribution < -0.4 is 5.56 Å². The lowest BCUT2D eigenvalue weighted by atomic mass is 10.1. The molecule has 5 nitrogen and oxygen atoms in total. The summed E-state index contributed by atoms with van der Waals surface area (Å²) >= 11 is 2.85. The fourth-order valence-corrected chi connectivity index (χ4v) is 4.94. The van der Waals surface area contributed by atoms with Crippen molar-refractivity contribution in [2.24, 2.45) is 0 Å². The Hall–Kier alpha value is -3.21. The molecule has 2 N–H and O–H groups in total. The van der Waals surface area contributed by atoms with E-state index in [0.29, 0.717) is 15.8 Å². The molecule has 0 aliphatic carbocycles. The van der Waals surface area contributed by atoms with Crippen molar-refractivity contribution in [3.05, 3.63) is 63.3 Å². The lowest BCUT2D eigenvalue weighted by Gasteiger charge is -2.01. The molecular weight excluding hydrogens is 380 g/mol. The SMILES string of the molecule is CC(=O)c1ccc(-c2ccc(-c3csc4[nH]c(=O)c(C#N)c(O)c34)s2)cc1. The second kappa shape index (κ2) is 6.50. The normalized spacial score (nSPS) is 10.8. The molecule has 4 rings (SSSR count). The molecule has 7 heteroatoms. The monoisotopic (exact) mass is 392 g/mol. The molecule has 0 aliphatic heterocycles. The van der Waals surface area contributed by atoms with E-state index >= 15 is 0 Å². The van der Waals surface area contributed by atoms with Gasteiger partial charge < -0.3 is 10.1 Å². The lowest BCUT2D eigenvalue weighted by molar-refractivity contribution is 0.101. The van der Waals surface area contributed by atoms with Crippen molar-refractivity contribution in [1.82, 2.24) is 4.98 Å². The fraction of sp³-hybridized carbons (Fsp3) is 0.0500. The molecule has 0 atom stereocenters. The standard InChI is InChI=1S/C20H12N2O3S2/c1-10(23)11-2-4-12(5-3-11)15-6-7-16(27-15)14-9-26-20-17(14)18(24)13(8-21)19(25)22-20/h2-7,9H,1H3,(H2,22,24,25). The maximum absolute atomic E-state index is 11.8. The van der Waals surface area contributed by atoms with Gasteiger partial charge in [0.05, 0.1) is 5.39 Å². The van der Waals surface area contributed by atoms with Crippen LogP contribution >= 0.6 is 22.7 Å². The summed E-state index contributed by atoms with van der Waals surface area (Å²) in [6.07, 6.45) is 0. The number of fused-ring (bicyclic) bond motifs is 1. The molecule has 1 aromatic carbocycles. The van der Waals surface area contributed by atoms with Crippen molar-refractivity contribution in [2.45, 2.75) is 6.92 Å². The van der Waals surface area contributed by atoms with Gasteiger partial charge in [-0.15, -0.1) is 22.7 Å². The maximum atomic E-state index is 11.8. The van der Waals surface area contributed by atoms with E-state index in [9.17, 15) is 14.7 Å². The van der Waals surface area contributed by atoms with Crippen LogP contribution in [-0.4, -0.2) is 15.9 Å². The quantitative estimate of drug-likeness (QED) is 0.491. The zero-order chi connectivity index (χ0) is 19.1. The third-order valence-corrected chi connectivity index (χ3v) is 6.34. The number of aromatic amines is 1. The Labute approximate surface area is 161 Å². The van der Waals surface area contributed by atoms with Gasteiger partial charge in [-0.05, 0) is 24.6 Å². The van der Waals surface area contributed by atoms with Gasteiger partial charge in [-0.25, -0.2) is 0 Å². The summed E-state index contributed by atoms with van der Waals surface area (Å²) in [4.78, 5) is 28.4. The first kappa shape index (κ1) is 17.2. The predicted molar refractivity (Wildman–Crippen MR) is 108 cm³/mol. The first-order valence-electron chi connectivity index (χ1n) is 7.97. The van der Waals surface area contributed by atoms with Crippen LogP contribution in [0.15, 0.2) is 46.6 Å². The highest BCUT2D eigenvalue weighted by Crippen LogP contribution is 2.43. The van der Waals surface area contributed by atoms with Crippen LogP contribution in [0.1, 0.15) is 22.8 Å². The summed E-state index contributed by atoms with van der Waals surface area (Å²) < 4.78 is 0. The first-order chi connectivity index (χ1) is 13.0. The minimum absolute atomic E-state index is 0.0240. The molecule has 0 amide bonds. The van der Waals surface area contributed by atoms with Gasteiger partial charge in [0.25, 0.3) is 5.56 Å². The van der Waals surface area contributed by atoms with Gasteiger partial charge in [0.2, 0.25) is 0 Å². The van der Waals surface area contributed by atoms with Crippen LogP contribution in [0.4, 0.5) is 0 Å². The number of Topliss-reactive ketones (excluding diaryl/α,β-unsaturated/α-hetero) is 1. The summed E-state index contributed by atoms with van der Waals surface area (Å²) in [6.45, 7) is 1.53. The van der Waals surface area contributed by atoms with E-state index in [-0.39, 0.29) is 17.1 Å². The number of ketones is 1. The zero-order valence-corrected chi connectivity index (χ0v) is 15.7. The Morgan fingerprint density at radius 1 is 1.15 bits per heavy atom. The minimum Gasteiger partial charge on any atom is -0.506 e. The number of thiophene rings is 2. The van der Waals surface area contributed by atoms with Gasteiger partial charge in [0.1, 0.15) is 16.6 Å². The highest BCUT2D eigenvalue weighted by molar-refractivity contribution is 7.20. The number of nitriles is 1. The smallest absolute Gasteiger partial charge is 0.270 e. The second-order valence-electron chi connectivity index (χ2n) is 5.94. The molecule has 0 unspecified atom stereocenters. The van der Waals surface area contributed by atoms with Gasteiger partial charge in [-0.1, -0.05) is 24.3 Å². The van der Waals surface area contributed by atoms with Crippen molar-refractivity contribution in [3.8, 4) is 32.7 Å². The molecule has 0 radical (unpaired) electrons. The first-order valence-corrected chi connectivity index (χ1v) is 9.67. The molecule has 0 spiro atoms. The topological polar surface area (TPSA) is 94.0 Å². The Bertz CT molecular complexity index is 1290. The number of nitrogens with zero attached hydrogens (tertiary/aromatic N) is 1. The highest BCUT2D eigenvalue weighted by atomic mass is 32.1. The van der Waals surface area contributed by atoms with E-state index < -0.39 is 5.56 Å². The van der Waals surface area contributed by atoms with E-state index in [1.54, 1.807) is 18.2 Å². The average molecular weight is 392 g/mol. The van der Waals surface area contributed by atoms with Gasteiger partial charge in [-0.2, -0.15) is 5.26 Å². The van der Waals surface area contributed by atoms with E-state index in [0.717, 1.165) is 20.9 Å². The van der Waals surface area contributed by atoms with Gasteiger partial charge in [-0.3, -0.25) is 9.59 Å². The molecule has 0 saturated heterocycles. The Morgan fingerprint density at radius 3 is 2.52 bits per heavy atom. The van der Waals surface area contributed by atoms with Crippen molar-refractivity contribution < 1.29 is 9.90 Å². The molecular formula is C20H12N2O3S2. The molecule has 3 heterocycles. The summed E-state index contributed by atoms with van der Waals surface area (Å²) in [5, 5.41) is 21.9. The summed E-state index contributed by atoms with van der Waals surface area (Å²) in [6, 6.07) is 13.1. The van der Waals surface area contributed by atoms with E-state index in [1.165, 1.54) is 29.6 Å². The van der Waals surface area contributed by atoms with E-state index in [4.69, 9.17) is 5.26 Å². The van der Waals surface area contributed by atoms with Crippen LogP contribution in [0.5, 0.6) is 5.75 Å². The zero-order valence-electron chi connectivity index (χ0n) is 14.1. The number of nitrogens with one attached hydrogen (secondary N) is 1. The van der Waals surface area contributed by atoms with Crippen molar-refractivity contribution in [1.29, 1.82) is 5.26 Å². The van der Waals surface area contributed by atoms with Crippen LogP contribution in [-0.2, 0) is 0 Å². The summed E-state index contributed by atoms with van der Waals surface area (Å²) in [5.41, 5.74) is 1.56. The molecule has 132 valence electrons. The van der Waals surface area contributed by atoms with Gasteiger partial charge >= 0.3 is 0 Å². The average Bonchev–Trinajstić information content (AvgIpc) is 3.29. The number of hydrogen-bond acceptors (Lipinski definition) is 6. The molecule has 0 fully saturated rings. The van der Waals surface area contributed by atoms with E-state index in [2.05, 4.69) is 4.98 Å². The maximum Gasteiger partial charge on any atom is 0.270 e. The van der Waals surface area contributed by atoms with Gasteiger partial charge in [0, 0.05) is 26.3 Å². The highest BCUT2D eigenvalue weighted by Gasteiger charge is 2.18. The number of hydrogen-bond donors (Lipinski definition) is 2. The molecule has 0 saturated carbocycles. The molecule has 0 aliphatic rings. The largest absolute Gasteiger partial charge is 0.506 e. The van der Waals surface area contributed by atoms with Crippen LogP contribution in [0.25, 0.3) is 31.1 Å². The number of aromatic nitrogens is 1. The molecule has 27 heavy (non-hydrogen) atoms. The van der Waals surface area contributed by atoms with Crippen LogP contribution in [0.2, 0.25) is 0 Å². The third kappa shape index (κ3) is 2.85. The van der Waals surface area contributed by atoms with Crippen molar-refractivity contribution in [2.75, 3.05) is 0 Å². The summed E-state index contributed by atoms with van der Waals surface area (Å²) in [7, 11) is 0. The predicted octanol–water partition coefficient (Wildman–Crippen LogP) is 4.76. The summed E-state index contributed by atoms with van der Waals surface area (Å²) in [5.74, 6) is -0.260. The number of benzene rings is 1. The van der Waals surface area contributed by atoms with Crippen LogP contribution in [0.3, 0.4) is 0 Å². The number of carbonyl (C=O) groups is 1. The second-order valence-corrected chi connectivity index (χ2v) is 7.90. The van der Waals surface area contributed by atoms with Gasteiger partial charge in [0.15, 0.2) is 11.3 Å². The van der Waals surface area contributed by atoms with Crippen molar-refractivity contribution in [3.63, 3.8) is 0 Å². The number of aromatic hydroxyl groups is 1. The number of carbonyl (C=O) groups excluding carboxylic acids is 1. The fourth-order valence-electron chi connectivity index (χ4n) is 2.88. The Morgan fingerprint density at radius 2 is 1.85 bits per heavy atom. The van der Waals surface area contributed by atoms with E-state index in [1.807, 2.05) is 29.6 Å². The van der Waals surface area contributed by atoms with Crippen LogP contribution in [0, 0.1) is 11.3 Å². The van der Waals surface area contributed by atoms with Crippen molar-refractivity contribution >= 4 is 38.7 Å². The number of rotatable bonds is 3. The lowest BCUT2D eigenvalue weighted by Crippen LogP contribution is -2.09. The third-order valence-electron chi connectivity index (χ3n) is 4.28.